The van der Waals surface area contributed by atoms with Gasteiger partial charge in [-0.2, -0.15) is 0 Å². The molecule has 0 atom stereocenters. The summed E-state index contributed by atoms with van der Waals surface area (Å²) >= 11 is 6.42. The number of fused-ring (bicyclic) bond motifs is 1. The summed E-state index contributed by atoms with van der Waals surface area (Å²) in [5.41, 5.74) is 2.29. The molecule has 0 unspecified atom stereocenters. The van der Waals surface area contributed by atoms with Crippen molar-refractivity contribution >= 4 is 34.5 Å². The molecule has 0 bridgehead atoms. The van der Waals surface area contributed by atoms with Crippen molar-refractivity contribution in [1.29, 1.82) is 0 Å². The number of rotatable bonds is 4. The van der Waals surface area contributed by atoms with Crippen molar-refractivity contribution in [1.82, 2.24) is 14.8 Å². The van der Waals surface area contributed by atoms with Gasteiger partial charge >= 0.3 is 6.09 Å². The van der Waals surface area contributed by atoms with E-state index >= 15 is 0 Å². The molecular weight excluding hydrogens is 366 g/mol. The van der Waals surface area contributed by atoms with Crippen molar-refractivity contribution in [2.45, 2.75) is 26.7 Å². The molecule has 0 N–H and O–H groups in total. The second-order valence-electron chi connectivity index (χ2n) is 6.58. The van der Waals surface area contributed by atoms with E-state index in [1.165, 1.54) is 0 Å². The van der Waals surface area contributed by atoms with E-state index in [4.69, 9.17) is 16.3 Å². The zero-order chi connectivity index (χ0) is 19.4. The number of hydrogen-bond donors (Lipinski definition) is 0. The number of carbonyl (C=O) groups is 2. The third-order valence-electron chi connectivity index (χ3n) is 4.76. The molecule has 2 heterocycles. The van der Waals surface area contributed by atoms with Crippen molar-refractivity contribution in [3.63, 3.8) is 0 Å². The Morgan fingerprint density at radius 1 is 1.15 bits per heavy atom. The SMILES string of the molecule is CCCOC(=O)N1CCN(C(=O)c2ccc3c(Cl)c(CC)cnc3c2)CC1. The zero-order valence-electron chi connectivity index (χ0n) is 15.7. The van der Waals surface area contributed by atoms with Crippen LogP contribution in [-0.4, -0.2) is 59.6 Å². The Morgan fingerprint density at radius 2 is 1.85 bits per heavy atom. The fraction of sp³-hybridized carbons (Fsp3) is 0.450. The number of aryl methyl sites for hydroxylation is 1. The van der Waals surface area contributed by atoms with Crippen molar-refractivity contribution in [3.8, 4) is 0 Å². The highest BCUT2D eigenvalue weighted by Gasteiger charge is 2.25. The summed E-state index contributed by atoms with van der Waals surface area (Å²) in [6, 6.07) is 5.43. The summed E-state index contributed by atoms with van der Waals surface area (Å²) < 4.78 is 5.15. The summed E-state index contributed by atoms with van der Waals surface area (Å²) in [4.78, 5) is 32.6. The van der Waals surface area contributed by atoms with Crippen LogP contribution in [0.4, 0.5) is 4.79 Å². The van der Waals surface area contributed by atoms with Crippen molar-refractivity contribution in [2.75, 3.05) is 32.8 Å². The molecule has 1 saturated heterocycles. The predicted octanol–water partition coefficient (Wildman–Crippen LogP) is 3.76. The van der Waals surface area contributed by atoms with Gasteiger partial charge in [-0.25, -0.2) is 4.79 Å². The molecule has 0 spiro atoms. The van der Waals surface area contributed by atoms with Crippen LogP contribution < -0.4 is 0 Å². The lowest BCUT2D eigenvalue weighted by molar-refractivity contribution is 0.0560. The number of pyridine rings is 1. The Bertz CT molecular complexity index is 848. The highest BCUT2D eigenvalue weighted by atomic mass is 35.5. The third kappa shape index (κ3) is 4.16. The van der Waals surface area contributed by atoms with E-state index in [0.29, 0.717) is 48.9 Å². The van der Waals surface area contributed by atoms with Gasteiger partial charge in [0.2, 0.25) is 0 Å². The van der Waals surface area contributed by atoms with Crippen LogP contribution in [0.5, 0.6) is 0 Å². The number of nitrogens with zero attached hydrogens (tertiary/aromatic N) is 3. The van der Waals surface area contributed by atoms with Gasteiger partial charge < -0.3 is 14.5 Å². The highest BCUT2D eigenvalue weighted by molar-refractivity contribution is 6.36. The smallest absolute Gasteiger partial charge is 0.409 e. The molecule has 27 heavy (non-hydrogen) atoms. The molecule has 0 saturated carbocycles. The molecule has 1 aromatic carbocycles. The monoisotopic (exact) mass is 389 g/mol. The van der Waals surface area contributed by atoms with Gasteiger partial charge in [0.15, 0.2) is 0 Å². The van der Waals surface area contributed by atoms with E-state index in [9.17, 15) is 9.59 Å². The van der Waals surface area contributed by atoms with Gasteiger partial charge in [-0.15, -0.1) is 0 Å². The second-order valence-corrected chi connectivity index (χ2v) is 6.95. The first kappa shape index (κ1) is 19.4. The molecule has 0 radical (unpaired) electrons. The van der Waals surface area contributed by atoms with Gasteiger partial charge in [0.05, 0.1) is 17.1 Å². The molecular formula is C20H24ClN3O3. The van der Waals surface area contributed by atoms with Crippen LogP contribution in [0.1, 0.15) is 36.2 Å². The first-order chi connectivity index (χ1) is 13.0. The van der Waals surface area contributed by atoms with E-state index < -0.39 is 0 Å². The van der Waals surface area contributed by atoms with Gasteiger partial charge in [-0.3, -0.25) is 9.78 Å². The lowest BCUT2D eigenvalue weighted by Gasteiger charge is -2.34. The Kier molecular flexibility index (Phi) is 6.16. The number of piperazine rings is 1. The molecule has 1 aliphatic rings. The van der Waals surface area contributed by atoms with Crippen LogP contribution in [0.2, 0.25) is 5.02 Å². The molecule has 2 aromatic rings. The Labute approximate surface area is 164 Å². The summed E-state index contributed by atoms with van der Waals surface area (Å²) in [6.07, 6.45) is 3.07. The van der Waals surface area contributed by atoms with Crippen LogP contribution in [0.25, 0.3) is 10.9 Å². The fourth-order valence-corrected chi connectivity index (χ4v) is 3.48. The van der Waals surface area contributed by atoms with E-state index in [2.05, 4.69) is 4.98 Å². The maximum atomic E-state index is 12.8. The minimum atomic E-state index is -0.305. The molecule has 3 rings (SSSR count). The van der Waals surface area contributed by atoms with Gasteiger partial charge in [-0.05, 0) is 30.5 Å². The van der Waals surface area contributed by atoms with Crippen molar-refractivity contribution in [2.24, 2.45) is 0 Å². The maximum Gasteiger partial charge on any atom is 0.409 e. The van der Waals surface area contributed by atoms with Gasteiger partial charge in [0.1, 0.15) is 0 Å². The van der Waals surface area contributed by atoms with Gasteiger partial charge in [-0.1, -0.05) is 31.5 Å². The molecule has 6 nitrogen and oxygen atoms in total. The number of carbonyl (C=O) groups excluding carboxylic acids is 2. The fourth-order valence-electron chi connectivity index (χ4n) is 3.14. The van der Waals surface area contributed by atoms with E-state index in [1.54, 1.807) is 28.1 Å². The minimum Gasteiger partial charge on any atom is -0.449 e. The number of amides is 2. The topological polar surface area (TPSA) is 62.7 Å². The standard InChI is InChI=1S/C20H24ClN3O3/c1-3-11-27-20(26)24-9-7-23(8-10-24)19(25)15-5-6-16-17(12-15)22-13-14(4-2)18(16)21/h5-6,12-13H,3-4,7-11H2,1-2H3. The largest absolute Gasteiger partial charge is 0.449 e. The Morgan fingerprint density at radius 3 is 2.52 bits per heavy atom. The number of ether oxygens (including phenoxy) is 1. The quantitative estimate of drug-likeness (QED) is 0.798. The predicted molar refractivity (Wildman–Crippen MR) is 105 cm³/mol. The lowest BCUT2D eigenvalue weighted by Crippen LogP contribution is -2.50. The summed E-state index contributed by atoms with van der Waals surface area (Å²) in [7, 11) is 0. The normalized spacial score (nSPS) is 14.5. The molecule has 7 heteroatoms. The number of benzene rings is 1. The Hall–Kier alpha value is -2.34. The van der Waals surface area contributed by atoms with Crippen LogP contribution >= 0.6 is 11.6 Å². The maximum absolute atomic E-state index is 12.8. The first-order valence-electron chi connectivity index (χ1n) is 9.33. The van der Waals surface area contributed by atoms with Gasteiger partial charge in [0, 0.05) is 43.3 Å². The molecule has 1 aromatic heterocycles. The Balaban J connectivity index is 1.69. The zero-order valence-corrected chi connectivity index (χ0v) is 16.5. The average Bonchev–Trinajstić information content (AvgIpc) is 2.71. The molecule has 0 aliphatic carbocycles. The first-order valence-corrected chi connectivity index (χ1v) is 9.71. The van der Waals surface area contributed by atoms with E-state index in [-0.39, 0.29) is 12.0 Å². The highest BCUT2D eigenvalue weighted by Crippen LogP contribution is 2.27. The van der Waals surface area contributed by atoms with Crippen molar-refractivity contribution < 1.29 is 14.3 Å². The van der Waals surface area contributed by atoms with Crippen LogP contribution in [-0.2, 0) is 11.2 Å². The summed E-state index contributed by atoms with van der Waals surface area (Å²) in [6.45, 7) is 6.34. The number of halogens is 1. The molecule has 144 valence electrons. The summed E-state index contributed by atoms with van der Waals surface area (Å²) in [5.74, 6) is -0.0593. The second kappa shape index (κ2) is 8.57. The summed E-state index contributed by atoms with van der Waals surface area (Å²) in [5, 5.41) is 1.55. The van der Waals surface area contributed by atoms with Crippen molar-refractivity contribution in [3.05, 3.63) is 40.5 Å². The molecule has 1 aliphatic heterocycles. The van der Waals surface area contributed by atoms with Crippen LogP contribution in [0, 0.1) is 0 Å². The van der Waals surface area contributed by atoms with Crippen LogP contribution in [0.3, 0.4) is 0 Å². The molecule has 2 amide bonds. The average molecular weight is 390 g/mol. The number of aromatic nitrogens is 1. The molecule has 1 fully saturated rings. The third-order valence-corrected chi connectivity index (χ3v) is 5.20. The lowest BCUT2D eigenvalue weighted by atomic mass is 10.1. The van der Waals surface area contributed by atoms with Crippen LogP contribution in [0.15, 0.2) is 24.4 Å². The minimum absolute atomic E-state index is 0.0593. The van der Waals surface area contributed by atoms with E-state index in [1.807, 2.05) is 19.9 Å². The van der Waals surface area contributed by atoms with E-state index in [0.717, 1.165) is 23.8 Å². The number of hydrogen-bond acceptors (Lipinski definition) is 4. The van der Waals surface area contributed by atoms with Gasteiger partial charge in [0.25, 0.3) is 5.91 Å².